The van der Waals surface area contributed by atoms with Crippen LogP contribution in [0.15, 0.2) is 24.3 Å². The van der Waals surface area contributed by atoms with E-state index in [9.17, 15) is 49.1 Å². The number of benzene rings is 1. The van der Waals surface area contributed by atoms with Gasteiger partial charge < -0.3 is 15.1 Å². The molecule has 1 aliphatic rings. The van der Waals surface area contributed by atoms with Gasteiger partial charge in [0.1, 0.15) is 5.82 Å². The van der Waals surface area contributed by atoms with Gasteiger partial charge in [-0.3, -0.25) is 4.79 Å². The van der Waals surface area contributed by atoms with Crippen LogP contribution in [-0.2, 0) is 22.0 Å². The predicted octanol–water partition coefficient (Wildman–Crippen LogP) is 6.02. The highest BCUT2D eigenvalue weighted by Gasteiger charge is 2.46. The quantitative estimate of drug-likeness (QED) is 0.314. The number of aromatic nitrogens is 2. The number of alkyl halides is 9. The van der Waals surface area contributed by atoms with Crippen molar-refractivity contribution in [3.63, 3.8) is 0 Å². The van der Waals surface area contributed by atoms with Gasteiger partial charge in [-0.2, -0.15) is 49.6 Å². The van der Waals surface area contributed by atoms with E-state index in [-0.39, 0.29) is 54.9 Å². The number of nitrogens with zero attached hydrogens (tertiary/aromatic N) is 4. The van der Waals surface area contributed by atoms with Gasteiger partial charge in [0.15, 0.2) is 0 Å². The van der Waals surface area contributed by atoms with Crippen LogP contribution in [0.25, 0.3) is 0 Å². The Morgan fingerprint density at radius 2 is 1.43 bits per heavy atom. The fourth-order valence-electron chi connectivity index (χ4n) is 4.31. The van der Waals surface area contributed by atoms with Crippen molar-refractivity contribution in [2.45, 2.75) is 57.2 Å². The zero-order valence-electron chi connectivity index (χ0n) is 22.4. The van der Waals surface area contributed by atoms with Gasteiger partial charge in [0.2, 0.25) is 5.95 Å². The smallest absolute Gasteiger partial charge is 0.363 e. The van der Waals surface area contributed by atoms with E-state index in [4.69, 9.17) is 0 Å². The van der Waals surface area contributed by atoms with Crippen LogP contribution < -0.4 is 10.2 Å². The lowest BCUT2D eigenvalue weighted by atomic mass is 9.85. The lowest BCUT2D eigenvalue weighted by Crippen LogP contribution is -2.46. The van der Waals surface area contributed by atoms with E-state index in [1.807, 2.05) is 0 Å². The van der Waals surface area contributed by atoms with Crippen molar-refractivity contribution >= 4 is 23.6 Å². The summed E-state index contributed by atoms with van der Waals surface area (Å²) in [7, 11) is 3.57. The summed E-state index contributed by atoms with van der Waals surface area (Å²) in [5.41, 5.74) is -4.27. The van der Waals surface area contributed by atoms with Gasteiger partial charge >= 0.3 is 24.5 Å². The molecule has 0 bridgehead atoms. The Kier molecular flexibility index (Phi) is 9.51. The molecule has 0 aliphatic heterocycles. The molecule has 1 aliphatic carbocycles. The minimum Gasteiger partial charge on any atom is -0.363 e. The molecule has 1 heterocycles. The largest absolute Gasteiger partial charge is 0.493 e. The summed E-state index contributed by atoms with van der Waals surface area (Å²) in [6, 6.07) is 0.392. The third kappa shape index (κ3) is 8.38. The van der Waals surface area contributed by atoms with Gasteiger partial charge in [-0.1, -0.05) is 0 Å². The molecule has 0 unspecified atom stereocenters. The summed E-state index contributed by atoms with van der Waals surface area (Å²) < 4.78 is 119. The molecule has 8 nitrogen and oxygen atoms in total. The van der Waals surface area contributed by atoms with Crippen LogP contribution in [0.4, 0.5) is 51.3 Å². The van der Waals surface area contributed by atoms with E-state index < -0.39 is 53.1 Å². The molecule has 1 aromatic carbocycles. The van der Waals surface area contributed by atoms with Crippen LogP contribution in [0, 0.1) is 12.8 Å². The fraction of sp³-hybridized carbons (Fsp3) is 0.520. The van der Waals surface area contributed by atoms with Gasteiger partial charge in [0.05, 0.1) is 17.2 Å². The number of amides is 1. The maximum Gasteiger partial charge on any atom is 0.493 e. The Morgan fingerprint density at radius 3 is 1.90 bits per heavy atom. The van der Waals surface area contributed by atoms with Crippen LogP contribution in [0.3, 0.4) is 0 Å². The van der Waals surface area contributed by atoms with Crippen LogP contribution in [0.5, 0.6) is 0 Å². The molecule has 2 aromatic rings. The van der Waals surface area contributed by atoms with Crippen LogP contribution in [0.2, 0.25) is 0 Å². The maximum absolute atomic E-state index is 13.3. The normalized spacial score (nSPS) is 17.9. The monoisotopic (exact) mass is 615 g/mol. The van der Waals surface area contributed by atoms with E-state index >= 15 is 0 Å². The molecule has 1 amide bonds. The van der Waals surface area contributed by atoms with Crippen LogP contribution >= 0.6 is 0 Å². The molecule has 232 valence electrons. The van der Waals surface area contributed by atoms with E-state index in [0.717, 1.165) is 0 Å². The molecule has 17 heteroatoms. The number of nitrogens with one attached hydrogen (secondary N) is 1. The first-order valence-corrected chi connectivity index (χ1v) is 12.4. The molecule has 0 radical (unpaired) electrons. The Hall–Kier alpha value is -3.79. The summed E-state index contributed by atoms with van der Waals surface area (Å²) in [6.07, 6.45) is -15.8. The molecule has 1 saturated carbocycles. The van der Waals surface area contributed by atoms with Gasteiger partial charge in [0, 0.05) is 38.0 Å². The van der Waals surface area contributed by atoms with Gasteiger partial charge in [0.25, 0.3) is 5.91 Å². The molecule has 1 fully saturated rings. The average molecular weight is 615 g/mol. The van der Waals surface area contributed by atoms with Crippen molar-refractivity contribution in [2.24, 2.45) is 5.92 Å². The van der Waals surface area contributed by atoms with Crippen molar-refractivity contribution in [3.8, 4) is 0 Å². The number of hydrogen-bond acceptors (Lipinski definition) is 7. The summed E-state index contributed by atoms with van der Waals surface area (Å²) in [5, 5.41) is 2.99. The number of aryl methyl sites for hydroxylation is 1. The molecular formula is C25H26F9N5O3. The predicted molar refractivity (Wildman–Crippen MR) is 130 cm³/mol. The zero-order chi connectivity index (χ0) is 31.6. The maximum atomic E-state index is 13.3. The fourth-order valence-corrected chi connectivity index (χ4v) is 4.31. The minimum atomic E-state index is -5.59. The zero-order valence-corrected chi connectivity index (χ0v) is 22.4. The van der Waals surface area contributed by atoms with Crippen molar-refractivity contribution < 1.29 is 53.9 Å². The topological polar surface area (TPSA) is 87.7 Å². The number of anilines is 2. The first kappa shape index (κ1) is 32.7. The SMILES string of the molecule is Cc1cc(N(C)C)nc(NCC2CCC(N(OC(=O)C(F)(F)F)C(=O)c3cc(C(F)(F)F)cc(C(F)(F)F)c3)CC2)n1. The standard InChI is InChI=1S/C25H26F9N5O3/c1-13-8-19(38(2)3)37-22(36-13)35-12-14-4-6-18(7-5-14)39(42-21(41)25(32,33)34)20(40)15-9-16(23(26,27)28)11-17(10-15)24(29,30)31/h8-11,14,18H,4-7,12H2,1-3H3,(H,35,36,37). The van der Waals surface area contributed by atoms with Crippen molar-refractivity contribution in [1.82, 2.24) is 15.0 Å². The third-order valence-electron chi connectivity index (χ3n) is 6.44. The molecule has 3 rings (SSSR count). The second kappa shape index (κ2) is 12.2. The molecule has 42 heavy (non-hydrogen) atoms. The number of hydroxylamine groups is 2. The van der Waals surface area contributed by atoms with Crippen LogP contribution in [-0.4, -0.2) is 59.8 Å². The number of rotatable bonds is 6. The number of hydrogen-bond donors (Lipinski definition) is 1. The van der Waals surface area contributed by atoms with Crippen molar-refractivity contribution in [2.75, 3.05) is 30.9 Å². The van der Waals surface area contributed by atoms with E-state index in [1.54, 1.807) is 32.0 Å². The summed E-state index contributed by atoms with van der Waals surface area (Å²) in [6.45, 7) is 2.09. The van der Waals surface area contributed by atoms with Crippen molar-refractivity contribution in [3.05, 3.63) is 46.6 Å². The highest BCUT2D eigenvalue weighted by atomic mass is 19.4. The van der Waals surface area contributed by atoms with E-state index in [2.05, 4.69) is 20.1 Å². The number of carbonyl (C=O) groups is 2. The molecule has 0 spiro atoms. The first-order valence-electron chi connectivity index (χ1n) is 12.4. The Morgan fingerprint density at radius 1 is 0.881 bits per heavy atom. The second-order valence-electron chi connectivity index (χ2n) is 9.94. The molecular weight excluding hydrogens is 589 g/mol. The molecule has 0 atom stereocenters. The highest BCUT2D eigenvalue weighted by molar-refractivity contribution is 5.95. The molecule has 1 aromatic heterocycles. The summed E-state index contributed by atoms with van der Waals surface area (Å²) >= 11 is 0. The van der Waals surface area contributed by atoms with Crippen molar-refractivity contribution in [1.29, 1.82) is 0 Å². The highest BCUT2D eigenvalue weighted by Crippen LogP contribution is 2.37. The Bertz CT molecular complexity index is 1260. The van der Waals surface area contributed by atoms with Gasteiger partial charge in [-0.05, 0) is 56.7 Å². The lowest BCUT2D eigenvalue weighted by molar-refractivity contribution is -0.235. The summed E-state index contributed by atoms with van der Waals surface area (Å²) in [5.74, 6) is -3.76. The number of halogens is 9. The first-order chi connectivity index (χ1) is 19.3. The Balaban J connectivity index is 1.82. The van der Waals surface area contributed by atoms with Gasteiger partial charge in [-0.15, -0.1) is 0 Å². The third-order valence-corrected chi connectivity index (χ3v) is 6.44. The molecule has 0 saturated heterocycles. The van der Waals surface area contributed by atoms with Gasteiger partial charge in [-0.25, -0.2) is 9.78 Å². The second-order valence-corrected chi connectivity index (χ2v) is 9.94. The summed E-state index contributed by atoms with van der Waals surface area (Å²) in [4.78, 5) is 39.3. The Labute approximate surface area is 233 Å². The van der Waals surface area contributed by atoms with E-state index in [0.29, 0.717) is 24.0 Å². The lowest BCUT2D eigenvalue weighted by Gasteiger charge is -2.35. The van der Waals surface area contributed by atoms with E-state index in [1.165, 1.54) is 0 Å². The minimum absolute atomic E-state index is 0.0609. The van der Waals surface area contributed by atoms with Crippen LogP contribution in [0.1, 0.15) is 52.9 Å². The number of carbonyl (C=O) groups excluding carboxylic acids is 2. The average Bonchev–Trinajstić information content (AvgIpc) is 2.88. The molecule has 1 N–H and O–H groups in total.